The maximum atomic E-state index is 12.0. The molecule has 21 heavy (non-hydrogen) atoms. The number of hydrogen-bond acceptors (Lipinski definition) is 2. The molecule has 0 spiro atoms. The second-order valence-corrected chi connectivity index (χ2v) is 6.26. The zero-order valence-corrected chi connectivity index (χ0v) is 13.6. The van der Waals surface area contributed by atoms with Crippen LogP contribution in [0.15, 0.2) is 41.8 Å². The van der Waals surface area contributed by atoms with E-state index in [9.17, 15) is 4.79 Å². The molecule has 0 bridgehead atoms. The molecule has 4 heteroatoms. The number of amides is 1. The topological polar surface area (TPSA) is 45.7 Å². The van der Waals surface area contributed by atoms with Gasteiger partial charge in [0.05, 0.1) is 4.88 Å². The minimum atomic E-state index is -0.113. The van der Waals surface area contributed by atoms with Gasteiger partial charge in [0.2, 0.25) is 0 Å². The summed E-state index contributed by atoms with van der Waals surface area (Å²) in [6.07, 6.45) is 0. The Morgan fingerprint density at radius 3 is 2.57 bits per heavy atom. The SMILES string of the molecule is CCNC(=O)[C@@H](C)[NH2+][C@H](c1ccc(C)cc1)c1cccs1. The lowest BCUT2D eigenvalue weighted by molar-refractivity contribution is -0.704. The van der Waals surface area contributed by atoms with Gasteiger partial charge in [-0.15, -0.1) is 11.3 Å². The molecule has 1 amide bonds. The van der Waals surface area contributed by atoms with E-state index < -0.39 is 0 Å². The Morgan fingerprint density at radius 1 is 1.29 bits per heavy atom. The van der Waals surface area contributed by atoms with Gasteiger partial charge in [0.1, 0.15) is 6.04 Å². The molecule has 0 unspecified atom stereocenters. The molecule has 3 N–H and O–H groups in total. The van der Waals surface area contributed by atoms with Crippen molar-refractivity contribution in [3.63, 3.8) is 0 Å². The first-order valence-corrected chi connectivity index (χ1v) is 8.22. The summed E-state index contributed by atoms with van der Waals surface area (Å²) in [4.78, 5) is 13.3. The molecule has 1 aromatic heterocycles. The highest BCUT2D eigenvalue weighted by Gasteiger charge is 2.25. The minimum absolute atomic E-state index is 0.0890. The molecule has 1 aromatic carbocycles. The van der Waals surface area contributed by atoms with E-state index in [0.717, 1.165) is 0 Å². The molecule has 0 radical (unpaired) electrons. The monoisotopic (exact) mass is 303 g/mol. The van der Waals surface area contributed by atoms with Crippen LogP contribution in [0.3, 0.4) is 0 Å². The maximum Gasteiger partial charge on any atom is 0.277 e. The summed E-state index contributed by atoms with van der Waals surface area (Å²) < 4.78 is 0. The van der Waals surface area contributed by atoms with Crippen molar-refractivity contribution >= 4 is 17.2 Å². The van der Waals surface area contributed by atoms with Crippen LogP contribution in [0.5, 0.6) is 0 Å². The van der Waals surface area contributed by atoms with Crippen molar-refractivity contribution in [3.8, 4) is 0 Å². The van der Waals surface area contributed by atoms with Gasteiger partial charge in [0.15, 0.2) is 6.04 Å². The van der Waals surface area contributed by atoms with E-state index in [0.29, 0.717) is 6.54 Å². The molecule has 0 saturated carbocycles. The van der Waals surface area contributed by atoms with E-state index >= 15 is 0 Å². The number of nitrogens with one attached hydrogen (secondary N) is 1. The van der Waals surface area contributed by atoms with Crippen molar-refractivity contribution in [3.05, 3.63) is 57.8 Å². The van der Waals surface area contributed by atoms with Gasteiger partial charge in [-0.2, -0.15) is 0 Å². The quantitative estimate of drug-likeness (QED) is 0.844. The predicted octanol–water partition coefficient (Wildman–Crippen LogP) is 2.23. The van der Waals surface area contributed by atoms with Crippen LogP contribution in [0, 0.1) is 6.92 Å². The third kappa shape index (κ3) is 4.16. The summed E-state index contributed by atoms with van der Waals surface area (Å²) in [7, 11) is 0. The van der Waals surface area contributed by atoms with Gasteiger partial charge in [0.25, 0.3) is 5.91 Å². The van der Waals surface area contributed by atoms with Gasteiger partial charge in [-0.3, -0.25) is 4.79 Å². The van der Waals surface area contributed by atoms with Gasteiger partial charge >= 0.3 is 0 Å². The first kappa shape index (κ1) is 15.7. The lowest BCUT2D eigenvalue weighted by Crippen LogP contribution is -2.92. The average Bonchev–Trinajstić information content (AvgIpc) is 3.00. The van der Waals surface area contributed by atoms with Crippen LogP contribution < -0.4 is 10.6 Å². The molecular formula is C17H23N2OS+. The van der Waals surface area contributed by atoms with E-state index in [4.69, 9.17) is 0 Å². The zero-order chi connectivity index (χ0) is 15.2. The van der Waals surface area contributed by atoms with E-state index in [1.165, 1.54) is 16.0 Å². The Labute approximate surface area is 130 Å². The third-order valence-corrected chi connectivity index (χ3v) is 4.49. The Bertz CT molecular complexity index is 563. The van der Waals surface area contributed by atoms with Gasteiger partial charge in [-0.05, 0) is 32.2 Å². The normalized spacial score (nSPS) is 13.7. The summed E-state index contributed by atoms with van der Waals surface area (Å²) in [6.45, 7) is 6.66. The first-order valence-electron chi connectivity index (χ1n) is 7.34. The van der Waals surface area contributed by atoms with Crippen LogP contribution in [0.1, 0.15) is 35.9 Å². The molecule has 0 saturated heterocycles. The Hall–Kier alpha value is -1.65. The predicted molar refractivity (Wildman–Crippen MR) is 87.4 cm³/mol. The highest BCUT2D eigenvalue weighted by Crippen LogP contribution is 2.23. The fourth-order valence-electron chi connectivity index (χ4n) is 2.32. The molecular weight excluding hydrogens is 280 g/mol. The van der Waals surface area contributed by atoms with Crippen molar-refractivity contribution in [2.75, 3.05) is 6.54 Å². The largest absolute Gasteiger partial charge is 0.351 e. The zero-order valence-electron chi connectivity index (χ0n) is 12.8. The van der Waals surface area contributed by atoms with E-state index in [1.807, 2.05) is 13.8 Å². The molecule has 0 fully saturated rings. The van der Waals surface area contributed by atoms with Crippen molar-refractivity contribution < 1.29 is 10.1 Å². The van der Waals surface area contributed by atoms with E-state index in [2.05, 4.69) is 59.3 Å². The van der Waals surface area contributed by atoms with Crippen LogP contribution >= 0.6 is 11.3 Å². The molecule has 112 valence electrons. The van der Waals surface area contributed by atoms with Crippen molar-refractivity contribution in [1.82, 2.24) is 5.32 Å². The summed E-state index contributed by atoms with van der Waals surface area (Å²) in [6, 6.07) is 12.8. The highest BCUT2D eigenvalue weighted by molar-refractivity contribution is 7.10. The number of thiophene rings is 1. The molecule has 0 aliphatic rings. The number of benzene rings is 1. The number of quaternary nitrogens is 1. The number of likely N-dealkylation sites (N-methyl/N-ethyl adjacent to an activating group) is 1. The summed E-state index contributed by atoms with van der Waals surface area (Å²) in [5.74, 6) is 0.0890. The second kappa shape index (κ2) is 7.38. The van der Waals surface area contributed by atoms with Gasteiger partial charge in [-0.1, -0.05) is 35.9 Å². The number of rotatable bonds is 6. The summed E-state index contributed by atoms with van der Waals surface area (Å²) in [5.41, 5.74) is 2.49. The number of nitrogens with two attached hydrogens (primary N) is 1. The van der Waals surface area contributed by atoms with E-state index in [1.54, 1.807) is 11.3 Å². The lowest BCUT2D eigenvalue weighted by Gasteiger charge is -2.19. The average molecular weight is 303 g/mol. The Balaban J connectivity index is 2.21. The van der Waals surface area contributed by atoms with Crippen LogP contribution in [0.25, 0.3) is 0 Å². The third-order valence-electron chi connectivity index (χ3n) is 3.53. The van der Waals surface area contributed by atoms with Crippen molar-refractivity contribution in [2.24, 2.45) is 0 Å². The first-order chi connectivity index (χ1) is 10.1. The molecule has 2 rings (SSSR count). The van der Waals surface area contributed by atoms with Crippen LogP contribution in [0.2, 0.25) is 0 Å². The number of aryl methyl sites for hydroxylation is 1. The number of carbonyl (C=O) groups is 1. The Morgan fingerprint density at radius 2 is 2.00 bits per heavy atom. The number of hydrogen-bond donors (Lipinski definition) is 2. The lowest BCUT2D eigenvalue weighted by atomic mass is 10.0. The van der Waals surface area contributed by atoms with Crippen molar-refractivity contribution in [2.45, 2.75) is 32.9 Å². The highest BCUT2D eigenvalue weighted by atomic mass is 32.1. The molecule has 1 heterocycles. The molecule has 2 atom stereocenters. The maximum absolute atomic E-state index is 12.0. The minimum Gasteiger partial charge on any atom is -0.351 e. The van der Waals surface area contributed by atoms with Crippen molar-refractivity contribution in [1.29, 1.82) is 0 Å². The second-order valence-electron chi connectivity index (χ2n) is 5.28. The van der Waals surface area contributed by atoms with Gasteiger partial charge in [-0.25, -0.2) is 0 Å². The fourth-order valence-corrected chi connectivity index (χ4v) is 3.16. The molecule has 3 nitrogen and oxygen atoms in total. The van der Waals surface area contributed by atoms with Crippen LogP contribution in [-0.2, 0) is 4.79 Å². The fraction of sp³-hybridized carbons (Fsp3) is 0.353. The smallest absolute Gasteiger partial charge is 0.277 e. The van der Waals surface area contributed by atoms with Crippen LogP contribution in [0.4, 0.5) is 0 Å². The molecule has 0 aliphatic carbocycles. The van der Waals surface area contributed by atoms with Gasteiger partial charge < -0.3 is 10.6 Å². The summed E-state index contributed by atoms with van der Waals surface area (Å²) >= 11 is 1.73. The standard InChI is InChI=1S/C17H22N2OS/c1-4-18-17(20)13(3)19-16(15-6-5-11-21-15)14-9-7-12(2)8-10-14/h5-11,13,16,19H,4H2,1-3H3,(H,18,20)/p+1/t13-,16-/m1/s1. The Kier molecular flexibility index (Phi) is 5.53. The van der Waals surface area contributed by atoms with E-state index in [-0.39, 0.29) is 18.0 Å². The van der Waals surface area contributed by atoms with Gasteiger partial charge in [0, 0.05) is 12.1 Å². The molecule has 0 aliphatic heterocycles. The summed E-state index contributed by atoms with van der Waals surface area (Å²) in [5, 5.41) is 7.11. The van der Waals surface area contributed by atoms with Crippen LogP contribution in [-0.4, -0.2) is 18.5 Å². The number of carbonyl (C=O) groups excluding carboxylic acids is 1. The molecule has 2 aromatic rings.